The number of hydrogen-bond donors (Lipinski definition) is 1. The number of carbonyl (C=O) groups is 1. The highest BCUT2D eigenvalue weighted by molar-refractivity contribution is 9.10. The summed E-state index contributed by atoms with van der Waals surface area (Å²) >= 11 is 3.25. The first-order valence-electron chi connectivity index (χ1n) is 5.43. The molecule has 1 saturated heterocycles. The van der Waals surface area contributed by atoms with Crippen LogP contribution in [0.3, 0.4) is 0 Å². The Labute approximate surface area is 111 Å². The quantitative estimate of drug-likeness (QED) is 0.848. The molecule has 1 fully saturated rings. The maximum absolute atomic E-state index is 11.9. The number of carbonyl (C=O) groups excluding carboxylic acids is 1. The summed E-state index contributed by atoms with van der Waals surface area (Å²) in [5.41, 5.74) is 0. The van der Waals surface area contributed by atoms with Crippen molar-refractivity contribution in [3.05, 3.63) is 22.8 Å². The molecule has 0 aromatic carbocycles. The van der Waals surface area contributed by atoms with E-state index in [0.717, 1.165) is 0 Å². The van der Waals surface area contributed by atoms with Crippen molar-refractivity contribution >= 4 is 38.5 Å². The van der Waals surface area contributed by atoms with Gasteiger partial charge in [0.2, 0.25) is 5.91 Å². The summed E-state index contributed by atoms with van der Waals surface area (Å²) < 4.78 is 11.9. The van der Waals surface area contributed by atoms with Crippen molar-refractivity contribution in [1.29, 1.82) is 0 Å². The van der Waals surface area contributed by atoms with Crippen molar-refractivity contribution in [2.75, 3.05) is 16.8 Å². The van der Waals surface area contributed by atoms with Crippen molar-refractivity contribution in [2.45, 2.75) is 12.8 Å². The molecular formula is C11H13BrN2O2S. The van der Waals surface area contributed by atoms with Crippen molar-refractivity contribution in [3.8, 4) is 0 Å². The Kier molecular flexibility index (Phi) is 4.28. The topological polar surface area (TPSA) is 59.1 Å². The fourth-order valence-corrected chi connectivity index (χ4v) is 3.40. The minimum Gasteiger partial charge on any atom is -0.310 e. The van der Waals surface area contributed by atoms with Crippen LogP contribution in [-0.2, 0) is 15.6 Å². The fraction of sp³-hybridized carbons (Fsp3) is 0.455. The Bertz CT molecular complexity index is 443. The second-order valence-electron chi connectivity index (χ2n) is 3.96. The predicted molar refractivity (Wildman–Crippen MR) is 71.2 cm³/mol. The minimum atomic E-state index is -0.731. The number of hydrogen-bond acceptors (Lipinski definition) is 3. The molecule has 0 unspecified atom stereocenters. The SMILES string of the molecule is O=C(Nc1cccc(Br)n1)C1CCS(=O)CC1. The van der Waals surface area contributed by atoms with Crippen molar-refractivity contribution in [1.82, 2.24) is 4.98 Å². The maximum atomic E-state index is 11.9. The highest BCUT2D eigenvalue weighted by Gasteiger charge is 2.24. The Morgan fingerprint density at radius 3 is 2.76 bits per heavy atom. The Morgan fingerprint density at radius 1 is 1.41 bits per heavy atom. The van der Waals surface area contributed by atoms with E-state index in [9.17, 15) is 9.00 Å². The van der Waals surface area contributed by atoms with E-state index >= 15 is 0 Å². The van der Waals surface area contributed by atoms with Gasteiger partial charge in [0.15, 0.2) is 0 Å². The smallest absolute Gasteiger partial charge is 0.228 e. The fourth-order valence-electron chi connectivity index (χ4n) is 1.76. The zero-order valence-corrected chi connectivity index (χ0v) is 11.6. The first-order chi connectivity index (χ1) is 8.15. The van der Waals surface area contributed by atoms with E-state index in [1.807, 2.05) is 6.07 Å². The molecule has 1 aliphatic rings. The third-order valence-corrected chi connectivity index (χ3v) is 4.55. The Morgan fingerprint density at radius 2 is 2.12 bits per heavy atom. The largest absolute Gasteiger partial charge is 0.310 e. The van der Waals surface area contributed by atoms with E-state index in [1.54, 1.807) is 12.1 Å². The molecule has 0 radical (unpaired) electrons. The molecule has 0 aliphatic carbocycles. The molecule has 0 atom stereocenters. The van der Waals surface area contributed by atoms with Gasteiger partial charge in [-0.25, -0.2) is 4.98 Å². The summed E-state index contributed by atoms with van der Waals surface area (Å²) in [6.45, 7) is 0. The van der Waals surface area contributed by atoms with Crippen LogP contribution in [0, 0.1) is 5.92 Å². The second-order valence-corrected chi connectivity index (χ2v) is 6.47. The molecule has 1 aromatic rings. The molecule has 1 N–H and O–H groups in total. The van der Waals surface area contributed by atoms with Crippen LogP contribution in [0.1, 0.15) is 12.8 Å². The lowest BCUT2D eigenvalue weighted by molar-refractivity contribution is -0.120. The lowest BCUT2D eigenvalue weighted by Crippen LogP contribution is -2.29. The van der Waals surface area contributed by atoms with Crippen molar-refractivity contribution in [2.24, 2.45) is 5.92 Å². The van der Waals surface area contributed by atoms with Gasteiger partial charge in [-0.2, -0.15) is 0 Å². The van der Waals surface area contributed by atoms with Crippen LogP contribution in [0.4, 0.5) is 5.82 Å². The number of anilines is 1. The summed E-state index contributed by atoms with van der Waals surface area (Å²) in [6.07, 6.45) is 1.40. The Balaban J connectivity index is 1.95. The average molecular weight is 317 g/mol. The van der Waals surface area contributed by atoms with E-state index in [1.165, 1.54) is 0 Å². The molecule has 17 heavy (non-hydrogen) atoms. The Hall–Kier alpha value is -0.750. The summed E-state index contributed by atoms with van der Waals surface area (Å²) in [5, 5.41) is 2.79. The van der Waals surface area contributed by atoms with Gasteiger partial charge in [-0.05, 0) is 40.9 Å². The maximum Gasteiger partial charge on any atom is 0.228 e. The lowest BCUT2D eigenvalue weighted by atomic mass is 10.0. The monoisotopic (exact) mass is 316 g/mol. The van der Waals surface area contributed by atoms with Crippen molar-refractivity contribution in [3.63, 3.8) is 0 Å². The highest BCUT2D eigenvalue weighted by atomic mass is 79.9. The van der Waals surface area contributed by atoms with Gasteiger partial charge in [-0.1, -0.05) is 6.07 Å². The molecule has 0 spiro atoms. The molecule has 1 amide bonds. The van der Waals surface area contributed by atoms with Gasteiger partial charge in [0.25, 0.3) is 0 Å². The molecule has 1 aliphatic heterocycles. The molecular weight excluding hydrogens is 304 g/mol. The number of rotatable bonds is 2. The highest BCUT2D eigenvalue weighted by Crippen LogP contribution is 2.19. The van der Waals surface area contributed by atoms with Gasteiger partial charge in [-0.15, -0.1) is 0 Å². The molecule has 92 valence electrons. The molecule has 2 rings (SSSR count). The van der Waals surface area contributed by atoms with E-state index in [-0.39, 0.29) is 11.8 Å². The number of nitrogens with one attached hydrogen (secondary N) is 1. The number of halogens is 1. The van der Waals surface area contributed by atoms with Crippen LogP contribution < -0.4 is 5.32 Å². The van der Waals surface area contributed by atoms with Gasteiger partial charge in [-0.3, -0.25) is 9.00 Å². The van der Waals surface area contributed by atoms with Gasteiger partial charge >= 0.3 is 0 Å². The second kappa shape index (κ2) is 5.73. The molecule has 1 aromatic heterocycles. The van der Waals surface area contributed by atoms with Crippen LogP contribution in [0.2, 0.25) is 0 Å². The van der Waals surface area contributed by atoms with Crippen LogP contribution in [-0.4, -0.2) is 26.6 Å². The van der Waals surface area contributed by atoms with Crippen LogP contribution in [0.25, 0.3) is 0 Å². The summed E-state index contributed by atoms with van der Waals surface area (Å²) in [7, 11) is -0.731. The number of amides is 1. The van der Waals surface area contributed by atoms with E-state index in [2.05, 4.69) is 26.2 Å². The zero-order valence-electron chi connectivity index (χ0n) is 9.19. The van der Waals surface area contributed by atoms with Gasteiger partial charge in [0, 0.05) is 28.2 Å². The molecule has 0 bridgehead atoms. The van der Waals surface area contributed by atoms with Gasteiger partial charge in [0.1, 0.15) is 10.4 Å². The van der Waals surface area contributed by atoms with E-state index < -0.39 is 10.8 Å². The van der Waals surface area contributed by atoms with Gasteiger partial charge in [0.05, 0.1) is 0 Å². The lowest BCUT2D eigenvalue weighted by Gasteiger charge is -2.20. The molecule has 2 heterocycles. The number of nitrogens with zero attached hydrogens (tertiary/aromatic N) is 1. The third-order valence-electron chi connectivity index (χ3n) is 2.73. The summed E-state index contributed by atoms with van der Waals surface area (Å²) in [6, 6.07) is 5.38. The minimum absolute atomic E-state index is 0.0210. The molecule has 4 nitrogen and oxygen atoms in total. The normalized spacial score (nSPS) is 24.3. The standard InChI is InChI=1S/C11H13BrN2O2S/c12-9-2-1-3-10(13-9)14-11(15)8-4-6-17(16)7-5-8/h1-3,8H,4-7H2,(H,13,14,15). The first kappa shape index (κ1) is 12.7. The number of pyridine rings is 1. The van der Waals surface area contributed by atoms with E-state index in [4.69, 9.17) is 0 Å². The average Bonchev–Trinajstić information content (AvgIpc) is 2.29. The third kappa shape index (κ3) is 3.61. The van der Waals surface area contributed by atoms with Crippen LogP contribution >= 0.6 is 15.9 Å². The van der Waals surface area contributed by atoms with Crippen molar-refractivity contribution < 1.29 is 9.00 Å². The summed E-state index contributed by atoms with van der Waals surface area (Å²) in [5.74, 6) is 1.76. The molecule has 0 saturated carbocycles. The predicted octanol–water partition coefficient (Wildman–Crippen LogP) is 1.94. The number of aromatic nitrogens is 1. The van der Waals surface area contributed by atoms with Gasteiger partial charge < -0.3 is 5.32 Å². The van der Waals surface area contributed by atoms with E-state index in [0.29, 0.717) is 34.8 Å². The first-order valence-corrected chi connectivity index (χ1v) is 7.71. The van der Waals surface area contributed by atoms with Crippen LogP contribution in [0.15, 0.2) is 22.8 Å². The molecule has 6 heteroatoms. The zero-order chi connectivity index (χ0) is 12.3. The summed E-state index contributed by atoms with van der Waals surface area (Å²) in [4.78, 5) is 16.1. The van der Waals surface area contributed by atoms with Crippen LogP contribution in [0.5, 0.6) is 0 Å².